The first-order valence-electron chi connectivity index (χ1n) is 7.30. The Morgan fingerprint density at radius 3 is 2.82 bits per heavy atom. The maximum Gasteiger partial charge on any atom is 0.252 e. The van der Waals surface area contributed by atoms with E-state index in [0.717, 1.165) is 11.3 Å². The van der Waals surface area contributed by atoms with E-state index in [2.05, 4.69) is 11.9 Å². The predicted molar refractivity (Wildman–Crippen MR) is 85.7 cm³/mol. The molecular formula is C17H22N2O3. The molecule has 2 rings (SSSR count). The Morgan fingerprint density at radius 2 is 2.18 bits per heavy atom. The van der Waals surface area contributed by atoms with E-state index in [1.807, 2.05) is 31.2 Å². The standard InChI is InChI=1S/C17H22N2O3/c1-12-7-4-5-8-15(12)22-10-6-9-18-17(21)14-11-19(3)13(2)16(14)20/h4-5,7-8,20H,2,6,9-11H2,1,3H3,(H,18,21). The van der Waals surface area contributed by atoms with E-state index in [1.54, 1.807) is 11.9 Å². The van der Waals surface area contributed by atoms with Gasteiger partial charge in [-0.05, 0) is 25.0 Å². The van der Waals surface area contributed by atoms with Crippen LogP contribution in [0.1, 0.15) is 12.0 Å². The molecule has 2 N–H and O–H groups in total. The number of ether oxygens (including phenoxy) is 1. The summed E-state index contributed by atoms with van der Waals surface area (Å²) in [5.41, 5.74) is 1.94. The van der Waals surface area contributed by atoms with Crippen LogP contribution >= 0.6 is 0 Å². The van der Waals surface area contributed by atoms with Crippen LogP contribution in [0.15, 0.2) is 47.9 Å². The van der Waals surface area contributed by atoms with Crippen molar-refractivity contribution in [2.24, 2.45) is 0 Å². The average molecular weight is 302 g/mol. The maximum absolute atomic E-state index is 12.0. The van der Waals surface area contributed by atoms with E-state index in [9.17, 15) is 9.90 Å². The molecule has 0 aromatic heterocycles. The van der Waals surface area contributed by atoms with Crippen LogP contribution in [0.3, 0.4) is 0 Å². The van der Waals surface area contributed by atoms with E-state index >= 15 is 0 Å². The highest BCUT2D eigenvalue weighted by atomic mass is 16.5. The number of hydrogen-bond acceptors (Lipinski definition) is 4. The van der Waals surface area contributed by atoms with Crippen LogP contribution in [-0.2, 0) is 4.79 Å². The quantitative estimate of drug-likeness (QED) is 0.791. The van der Waals surface area contributed by atoms with Crippen molar-refractivity contribution in [1.29, 1.82) is 0 Å². The van der Waals surface area contributed by atoms with Crippen molar-refractivity contribution in [1.82, 2.24) is 10.2 Å². The molecule has 1 aromatic rings. The fourth-order valence-corrected chi connectivity index (χ4v) is 2.22. The molecule has 22 heavy (non-hydrogen) atoms. The van der Waals surface area contributed by atoms with Crippen LogP contribution in [0.2, 0.25) is 0 Å². The molecule has 5 heteroatoms. The highest BCUT2D eigenvalue weighted by Gasteiger charge is 2.26. The highest BCUT2D eigenvalue weighted by Crippen LogP contribution is 2.22. The van der Waals surface area contributed by atoms with Gasteiger partial charge in [0, 0.05) is 13.6 Å². The lowest BCUT2D eigenvalue weighted by molar-refractivity contribution is -0.117. The van der Waals surface area contributed by atoms with Gasteiger partial charge in [-0.25, -0.2) is 0 Å². The molecule has 1 aromatic carbocycles. The second kappa shape index (κ2) is 7.02. The molecule has 0 spiro atoms. The molecule has 0 bridgehead atoms. The van der Waals surface area contributed by atoms with Crippen LogP contribution in [0.4, 0.5) is 0 Å². The van der Waals surface area contributed by atoms with E-state index in [-0.39, 0.29) is 11.7 Å². The summed E-state index contributed by atoms with van der Waals surface area (Å²) in [5.74, 6) is 0.595. The molecule has 1 heterocycles. The van der Waals surface area contributed by atoms with Crippen LogP contribution in [0.5, 0.6) is 5.75 Å². The number of amides is 1. The van der Waals surface area contributed by atoms with Crippen molar-refractivity contribution >= 4 is 5.91 Å². The summed E-state index contributed by atoms with van der Waals surface area (Å²) in [6.45, 7) is 7.13. The van der Waals surface area contributed by atoms with Crippen LogP contribution in [0, 0.1) is 6.92 Å². The van der Waals surface area contributed by atoms with E-state index < -0.39 is 0 Å². The Hall–Kier alpha value is -2.43. The number of aliphatic hydroxyl groups excluding tert-OH is 1. The Kier molecular flexibility index (Phi) is 5.09. The van der Waals surface area contributed by atoms with Gasteiger partial charge in [0.15, 0.2) is 0 Å². The number of aryl methyl sites for hydroxylation is 1. The molecule has 1 aliphatic rings. The van der Waals surface area contributed by atoms with Gasteiger partial charge in [0.2, 0.25) is 0 Å². The number of benzene rings is 1. The number of likely N-dealkylation sites (N-methyl/N-ethyl adjacent to an activating group) is 1. The molecule has 0 saturated carbocycles. The van der Waals surface area contributed by atoms with Gasteiger partial charge in [-0.15, -0.1) is 0 Å². The first-order valence-corrected chi connectivity index (χ1v) is 7.30. The van der Waals surface area contributed by atoms with Gasteiger partial charge < -0.3 is 20.1 Å². The summed E-state index contributed by atoms with van der Waals surface area (Å²) in [6, 6.07) is 7.82. The first kappa shape index (κ1) is 15.9. The number of aliphatic hydroxyl groups is 1. The lowest BCUT2D eigenvalue weighted by atomic mass is 10.2. The Labute approximate surface area is 130 Å². The summed E-state index contributed by atoms with van der Waals surface area (Å²) in [6.07, 6.45) is 0.699. The number of rotatable bonds is 6. The normalized spacial score (nSPS) is 14.5. The van der Waals surface area contributed by atoms with Crippen LogP contribution in [-0.4, -0.2) is 42.7 Å². The average Bonchev–Trinajstić information content (AvgIpc) is 2.76. The van der Waals surface area contributed by atoms with Gasteiger partial charge in [-0.1, -0.05) is 24.8 Å². The van der Waals surface area contributed by atoms with Crippen molar-refractivity contribution in [3.05, 3.63) is 53.4 Å². The summed E-state index contributed by atoms with van der Waals surface area (Å²) in [7, 11) is 1.79. The van der Waals surface area contributed by atoms with E-state index in [4.69, 9.17) is 4.74 Å². The Bertz CT molecular complexity index is 608. The van der Waals surface area contributed by atoms with E-state index in [1.165, 1.54) is 0 Å². The lowest BCUT2D eigenvalue weighted by Crippen LogP contribution is -2.29. The second-order valence-corrected chi connectivity index (χ2v) is 5.35. The number of carbonyl (C=O) groups excluding carboxylic acids is 1. The summed E-state index contributed by atoms with van der Waals surface area (Å²) < 4.78 is 5.66. The smallest absolute Gasteiger partial charge is 0.252 e. The first-order chi connectivity index (χ1) is 10.5. The van der Waals surface area contributed by atoms with Gasteiger partial charge >= 0.3 is 0 Å². The van der Waals surface area contributed by atoms with Gasteiger partial charge in [-0.2, -0.15) is 0 Å². The zero-order valence-electron chi connectivity index (χ0n) is 13.1. The molecule has 0 fully saturated rings. The van der Waals surface area contributed by atoms with Gasteiger partial charge in [0.1, 0.15) is 11.5 Å². The summed E-state index contributed by atoms with van der Waals surface area (Å²) in [4.78, 5) is 13.7. The number of carbonyl (C=O) groups is 1. The predicted octanol–water partition coefficient (Wildman–Crippen LogP) is 2.15. The summed E-state index contributed by atoms with van der Waals surface area (Å²) in [5, 5.41) is 12.6. The summed E-state index contributed by atoms with van der Waals surface area (Å²) >= 11 is 0. The molecule has 0 atom stereocenters. The fraction of sp³-hybridized carbons (Fsp3) is 0.353. The topological polar surface area (TPSA) is 61.8 Å². The third-order valence-electron chi connectivity index (χ3n) is 3.65. The van der Waals surface area contributed by atoms with Crippen LogP contribution < -0.4 is 10.1 Å². The molecular weight excluding hydrogens is 280 g/mol. The van der Waals surface area contributed by atoms with Crippen molar-refractivity contribution in [2.75, 3.05) is 26.7 Å². The van der Waals surface area contributed by atoms with Crippen LogP contribution in [0.25, 0.3) is 0 Å². The molecule has 1 aliphatic heterocycles. The Balaban J connectivity index is 1.72. The lowest BCUT2D eigenvalue weighted by Gasteiger charge is -2.11. The Morgan fingerprint density at radius 1 is 1.45 bits per heavy atom. The number of nitrogens with zero attached hydrogens (tertiary/aromatic N) is 1. The minimum absolute atomic E-state index is 0.0174. The fourth-order valence-electron chi connectivity index (χ4n) is 2.22. The number of hydrogen-bond donors (Lipinski definition) is 2. The van der Waals surface area contributed by atoms with Crippen molar-refractivity contribution < 1.29 is 14.6 Å². The molecule has 0 unspecified atom stereocenters. The highest BCUT2D eigenvalue weighted by molar-refractivity contribution is 5.95. The zero-order chi connectivity index (χ0) is 16.1. The van der Waals surface area contributed by atoms with Gasteiger partial charge in [0.05, 0.1) is 24.4 Å². The minimum atomic E-state index is -0.251. The van der Waals surface area contributed by atoms with Crippen molar-refractivity contribution in [3.63, 3.8) is 0 Å². The molecule has 0 saturated heterocycles. The third kappa shape index (κ3) is 3.61. The van der Waals surface area contributed by atoms with E-state index in [0.29, 0.717) is 37.4 Å². The molecule has 0 aliphatic carbocycles. The molecule has 118 valence electrons. The maximum atomic E-state index is 12.0. The number of para-hydroxylation sites is 1. The van der Waals surface area contributed by atoms with Gasteiger partial charge in [-0.3, -0.25) is 4.79 Å². The zero-order valence-corrected chi connectivity index (χ0v) is 13.1. The monoisotopic (exact) mass is 302 g/mol. The minimum Gasteiger partial charge on any atom is -0.505 e. The molecule has 1 amide bonds. The van der Waals surface area contributed by atoms with Crippen molar-refractivity contribution in [2.45, 2.75) is 13.3 Å². The number of nitrogens with one attached hydrogen (secondary N) is 1. The SMILES string of the molecule is C=C1C(O)=C(C(=O)NCCCOc2ccccc2C)CN1C. The van der Waals surface area contributed by atoms with Crippen molar-refractivity contribution in [3.8, 4) is 5.75 Å². The molecule has 0 radical (unpaired) electrons. The third-order valence-corrected chi connectivity index (χ3v) is 3.65. The van der Waals surface area contributed by atoms with Gasteiger partial charge in [0.25, 0.3) is 5.91 Å². The largest absolute Gasteiger partial charge is 0.505 e. The second-order valence-electron chi connectivity index (χ2n) is 5.35. The molecule has 5 nitrogen and oxygen atoms in total.